The first-order valence-corrected chi connectivity index (χ1v) is 11.8. The molecule has 1 fully saturated rings. The number of aromatic nitrogens is 5. The molecule has 3 aromatic rings. The number of urea groups is 1. The van der Waals surface area contributed by atoms with E-state index in [-0.39, 0.29) is 24.9 Å². The number of hydrazone groups is 1. The van der Waals surface area contributed by atoms with Gasteiger partial charge in [0.05, 0.1) is 12.2 Å². The number of anilines is 1. The fraction of sp³-hybridized carbons (Fsp3) is 0.391. The molecule has 2 aromatic heterocycles. The van der Waals surface area contributed by atoms with Crippen LogP contribution in [-0.4, -0.2) is 72.6 Å². The van der Waals surface area contributed by atoms with E-state index in [2.05, 4.69) is 20.2 Å². The van der Waals surface area contributed by atoms with Gasteiger partial charge in [0.15, 0.2) is 11.6 Å². The zero-order chi connectivity index (χ0) is 26.3. The van der Waals surface area contributed by atoms with E-state index in [0.29, 0.717) is 37.4 Å². The van der Waals surface area contributed by atoms with Crippen LogP contribution in [0, 0.1) is 24.4 Å². The molecule has 0 unspecified atom stereocenters. The Bertz CT molecular complexity index is 1410. The summed E-state index contributed by atoms with van der Waals surface area (Å²) >= 11 is 0. The summed E-state index contributed by atoms with van der Waals surface area (Å²) in [6, 6.07) is 2.17. The van der Waals surface area contributed by atoms with Crippen LogP contribution in [0.3, 0.4) is 0 Å². The first kappa shape index (κ1) is 24.5. The molecule has 2 aliphatic rings. The molecule has 0 aliphatic carbocycles. The molecule has 5 rings (SSSR count). The van der Waals surface area contributed by atoms with E-state index in [1.165, 1.54) is 21.7 Å². The number of nitrogens with zero attached hydrogens (tertiary/aromatic N) is 9. The van der Waals surface area contributed by atoms with Crippen LogP contribution in [0.15, 0.2) is 34.3 Å². The summed E-state index contributed by atoms with van der Waals surface area (Å²) in [5.41, 5.74) is -0.178. The van der Waals surface area contributed by atoms with Crippen molar-refractivity contribution < 1.29 is 18.0 Å². The predicted molar refractivity (Wildman–Crippen MR) is 127 cm³/mol. The third kappa shape index (κ3) is 4.54. The molecule has 1 saturated heterocycles. The van der Waals surface area contributed by atoms with Gasteiger partial charge < -0.3 is 9.80 Å². The van der Waals surface area contributed by atoms with Crippen molar-refractivity contribution in [3.63, 3.8) is 0 Å². The Morgan fingerprint density at radius 2 is 1.78 bits per heavy atom. The number of carbonyl (C=O) groups is 1. The number of amides is 2. The second-order valence-electron chi connectivity index (χ2n) is 8.68. The Hall–Kier alpha value is -4.23. The molecule has 0 radical (unpaired) electrons. The third-order valence-corrected chi connectivity index (χ3v) is 6.41. The summed E-state index contributed by atoms with van der Waals surface area (Å²) in [4.78, 5) is 37.4. The van der Waals surface area contributed by atoms with Gasteiger partial charge in [-0.2, -0.15) is 14.8 Å². The van der Waals surface area contributed by atoms with E-state index < -0.39 is 35.2 Å². The number of halogens is 3. The van der Waals surface area contributed by atoms with Crippen molar-refractivity contribution in [2.24, 2.45) is 5.10 Å². The highest BCUT2D eigenvalue weighted by molar-refractivity contribution is 5.78. The lowest BCUT2D eigenvalue weighted by atomic mass is 10.0. The van der Waals surface area contributed by atoms with Crippen LogP contribution in [0.4, 0.5) is 23.9 Å². The van der Waals surface area contributed by atoms with E-state index in [1.807, 2.05) is 0 Å². The van der Waals surface area contributed by atoms with Gasteiger partial charge in [-0.05, 0) is 31.5 Å². The van der Waals surface area contributed by atoms with Gasteiger partial charge in [0.25, 0.3) is 0 Å². The largest absolute Gasteiger partial charge is 0.352 e. The lowest BCUT2D eigenvalue weighted by Gasteiger charge is -2.37. The summed E-state index contributed by atoms with van der Waals surface area (Å²) < 4.78 is 44.3. The zero-order valence-electron chi connectivity index (χ0n) is 20.2. The topological polar surface area (TPSA) is 105 Å². The van der Waals surface area contributed by atoms with Gasteiger partial charge in [-0.15, -0.1) is 5.10 Å². The summed E-state index contributed by atoms with van der Waals surface area (Å²) in [7, 11) is 0. The lowest BCUT2D eigenvalue weighted by Crippen LogP contribution is -2.52. The van der Waals surface area contributed by atoms with Crippen molar-refractivity contribution in [3.05, 3.63) is 63.7 Å². The number of hydrogen-bond acceptors (Lipinski definition) is 7. The van der Waals surface area contributed by atoms with E-state index in [9.17, 15) is 22.8 Å². The summed E-state index contributed by atoms with van der Waals surface area (Å²) in [5.74, 6) is -1.84. The van der Waals surface area contributed by atoms with Crippen molar-refractivity contribution in [1.82, 2.24) is 34.2 Å². The maximum absolute atomic E-state index is 14.5. The summed E-state index contributed by atoms with van der Waals surface area (Å²) in [6.45, 7) is 5.07. The minimum atomic E-state index is -0.785. The van der Waals surface area contributed by atoms with Crippen LogP contribution in [0.1, 0.15) is 30.8 Å². The third-order valence-electron chi connectivity index (χ3n) is 6.41. The maximum Gasteiger partial charge on any atom is 0.352 e. The van der Waals surface area contributed by atoms with E-state index >= 15 is 0 Å². The quantitative estimate of drug-likeness (QED) is 0.528. The molecule has 0 N–H and O–H groups in total. The van der Waals surface area contributed by atoms with Crippen LogP contribution >= 0.6 is 0 Å². The molecule has 4 heterocycles. The summed E-state index contributed by atoms with van der Waals surface area (Å²) in [5, 5.41) is 9.49. The average Bonchev–Trinajstić information content (AvgIpc) is 3.48. The molecule has 1 atom stereocenters. The minimum absolute atomic E-state index is 0.200. The second kappa shape index (κ2) is 9.67. The van der Waals surface area contributed by atoms with E-state index in [1.54, 1.807) is 29.9 Å². The molecular formula is C23H24F3N9O2. The molecule has 14 heteroatoms. The predicted octanol–water partition coefficient (Wildman–Crippen LogP) is 2.24. The molecule has 37 heavy (non-hydrogen) atoms. The van der Waals surface area contributed by atoms with Crippen LogP contribution in [0.25, 0.3) is 5.82 Å². The Morgan fingerprint density at radius 1 is 1.08 bits per heavy atom. The molecule has 2 amide bonds. The second-order valence-corrected chi connectivity index (χ2v) is 8.68. The fourth-order valence-electron chi connectivity index (χ4n) is 4.53. The lowest BCUT2D eigenvalue weighted by molar-refractivity contribution is 0.139. The van der Waals surface area contributed by atoms with Crippen LogP contribution in [-0.2, 0) is 6.54 Å². The van der Waals surface area contributed by atoms with Crippen molar-refractivity contribution in [2.75, 3.05) is 31.1 Å². The highest BCUT2D eigenvalue weighted by Crippen LogP contribution is 2.30. The smallest absolute Gasteiger partial charge is 0.337 e. The van der Waals surface area contributed by atoms with E-state index in [4.69, 9.17) is 0 Å². The zero-order valence-corrected chi connectivity index (χ0v) is 20.2. The minimum Gasteiger partial charge on any atom is -0.337 e. The number of piperazine rings is 1. The SMILES string of the molecule is CCn1c(C)nn(-c2nc(N3CCN(C(=O)N4N=CC[C@H]4c4cc(F)cc(F)c4)CC3)ncc2F)c1=O. The van der Waals surface area contributed by atoms with Crippen LogP contribution in [0.5, 0.6) is 0 Å². The molecule has 2 aliphatic heterocycles. The van der Waals surface area contributed by atoms with Crippen molar-refractivity contribution >= 4 is 18.2 Å². The average molecular weight is 516 g/mol. The Balaban J connectivity index is 1.30. The van der Waals surface area contributed by atoms with Crippen molar-refractivity contribution in [2.45, 2.75) is 32.9 Å². The van der Waals surface area contributed by atoms with E-state index in [0.717, 1.165) is 16.9 Å². The van der Waals surface area contributed by atoms with Gasteiger partial charge in [0.2, 0.25) is 5.95 Å². The van der Waals surface area contributed by atoms with Crippen LogP contribution < -0.4 is 10.6 Å². The molecule has 0 bridgehead atoms. The molecule has 194 valence electrons. The van der Waals surface area contributed by atoms with Gasteiger partial charge in [-0.3, -0.25) is 4.57 Å². The molecule has 0 spiro atoms. The Kier molecular flexibility index (Phi) is 6.39. The van der Waals surface area contributed by atoms with Crippen molar-refractivity contribution in [3.8, 4) is 5.82 Å². The first-order chi connectivity index (χ1) is 17.8. The monoisotopic (exact) mass is 515 g/mol. The normalized spacial score (nSPS) is 17.6. The number of hydrogen-bond donors (Lipinski definition) is 0. The number of carbonyl (C=O) groups excluding carboxylic acids is 1. The van der Waals surface area contributed by atoms with Gasteiger partial charge in [0.1, 0.15) is 17.5 Å². The van der Waals surface area contributed by atoms with Gasteiger partial charge in [-0.25, -0.2) is 32.8 Å². The number of aryl methyl sites for hydroxylation is 1. The van der Waals surface area contributed by atoms with Crippen molar-refractivity contribution in [1.29, 1.82) is 0 Å². The Labute approximate surface area is 209 Å². The fourth-order valence-corrected chi connectivity index (χ4v) is 4.53. The standard InChI is InChI=1S/C23H24F3N9O2/c1-3-33-14(2)30-35(23(33)37)20-18(26)13-27-21(29-20)31-6-8-32(9-7-31)22(36)34-19(4-5-28-34)15-10-16(24)12-17(25)11-15/h5,10-13,19H,3-4,6-9H2,1-2H3/t19-/m0/s1. The molecule has 1 aromatic carbocycles. The van der Waals surface area contributed by atoms with Gasteiger partial charge in [0, 0.05) is 51.4 Å². The maximum atomic E-state index is 14.5. The molecule has 11 nitrogen and oxygen atoms in total. The molecular weight excluding hydrogens is 491 g/mol. The number of benzene rings is 1. The van der Waals surface area contributed by atoms with Gasteiger partial charge >= 0.3 is 11.7 Å². The molecule has 0 saturated carbocycles. The number of rotatable bonds is 4. The highest BCUT2D eigenvalue weighted by Gasteiger charge is 2.34. The summed E-state index contributed by atoms with van der Waals surface area (Å²) in [6.07, 6.45) is 2.87. The Morgan fingerprint density at radius 3 is 2.43 bits per heavy atom. The first-order valence-electron chi connectivity index (χ1n) is 11.8. The highest BCUT2D eigenvalue weighted by atomic mass is 19.1. The van der Waals surface area contributed by atoms with Gasteiger partial charge in [-0.1, -0.05) is 0 Å². The van der Waals surface area contributed by atoms with Crippen LogP contribution in [0.2, 0.25) is 0 Å².